The van der Waals surface area contributed by atoms with Crippen molar-refractivity contribution < 1.29 is 29.3 Å². The second-order valence-corrected chi connectivity index (χ2v) is 9.11. The van der Waals surface area contributed by atoms with Crippen molar-refractivity contribution in [1.29, 1.82) is 0 Å². The summed E-state index contributed by atoms with van der Waals surface area (Å²) < 4.78 is 5.47. The minimum absolute atomic E-state index is 0.0574. The number of carboxylic acid groups (broad SMARTS) is 1. The van der Waals surface area contributed by atoms with Crippen molar-refractivity contribution in [3.05, 3.63) is 59.7 Å². The van der Waals surface area contributed by atoms with Crippen LogP contribution in [0.25, 0.3) is 11.1 Å². The Bertz CT molecular complexity index is 1020. The van der Waals surface area contributed by atoms with Gasteiger partial charge in [0.25, 0.3) is 0 Å². The van der Waals surface area contributed by atoms with Crippen molar-refractivity contribution in [2.75, 3.05) is 13.2 Å². The molecule has 0 spiro atoms. The van der Waals surface area contributed by atoms with Crippen LogP contribution in [-0.4, -0.2) is 53.0 Å². The zero-order valence-electron chi connectivity index (χ0n) is 19.0. The van der Waals surface area contributed by atoms with E-state index in [2.05, 4.69) is 10.6 Å². The van der Waals surface area contributed by atoms with Gasteiger partial charge in [-0.25, -0.2) is 4.79 Å². The summed E-state index contributed by atoms with van der Waals surface area (Å²) in [4.78, 5) is 36.8. The van der Waals surface area contributed by atoms with Crippen molar-refractivity contribution in [2.24, 2.45) is 0 Å². The summed E-state index contributed by atoms with van der Waals surface area (Å²) in [5, 5.41) is 24.3. The third kappa shape index (κ3) is 5.07. The molecule has 0 bridgehead atoms. The van der Waals surface area contributed by atoms with E-state index in [1.54, 1.807) is 0 Å². The summed E-state index contributed by atoms with van der Waals surface area (Å²) >= 11 is 0. The number of alkyl carbamates (subject to hydrolysis) is 1. The molecule has 4 N–H and O–H groups in total. The lowest BCUT2D eigenvalue weighted by Gasteiger charge is -2.37. The fourth-order valence-corrected chi connectivity index (χ4v) is 5.07. The van der Waals surface area contributed by atoms with Crippen LogP contribution in [0, 0.1) is 0 Å². The standard InChI is InChI=1S/C26H30N2O6/c29-16-26(12-6-1-7-13-26)28-24(32)22(14-23(30)31)27-25(33)34-15-21-19-10-4-2-8-17(19)18-9-3-5-11-20(18)21/h2-5,8-11,21-22,29H,1,6-7,12-16H2,(H,27,33)(H,28,32)(H,30,31). The molecule has 0 heterocycles. The second kappa shape index (κ2) is 10.3. The van der Waals surface area contributed by atoms with Crippen LogP contribution in [0.2, 0.25) is 0 Å². The number of ether oxygens (including phenoxy) is 1. The number of carboxylic acids is 1. The average Bonchev–Trinajstić information content (AvgIpc) is 3.16. The molecular formula is C26H30N2O6. The number of aliphatic carboxylic acids is 1. The van der Waals surface area contributed by atoms with Gasteiger partial charge in [0, 0.05) is 5.92 Å². The molecule has 1 saturated carbocycles. The summed E-state index contributed by atoms with van der Waals surface area (Å²) in [5.74, 6) is -2.00. The van der Waals surface area contributed by atoms with E-state index < -0.39 is 36.0 Å². The normalized spacial score (nSPS) is 17.2. The SMILES string of the molecule is O=C(O)CC(NC(=O)OCC1c2ccccc2-c2ccccc21)C(=O)NC1(CO)CCCCC1. The monoisotopic (exact) mass is 466 g/mol. The number of carbonyl (C=O) groups excluding carboxylic acids is 2. The lowest BCUT2D eigenvalue weighted by atomic mass is 9.82. The van der Waals surface area contributed by atoms with Gasteiger partial charge >= 0.3 is 12.1 Å². The van der Waals surface area contributed by atoms with Crippen LogP contribution in [0.4, 0.5) is 4.79 Å². The first kappa shape index (κ1) is 23.8. The molecule has 1 fully saturated rings. The molecule has 2 amide bonds. The van der Waals surface area contributed by atoms with Gasteiger partial charge < -0.3 is 25.6 Å². The number of benzene rings is 2. The minimum Gasteiger partial charge on any atom is -0.481 e. The highest BCUT2D eigenvalue weighted by molar-refractivity contribution is 5.89. The molecule has 2 aromatic carbocycles. The maximum atomic E-state index is 12.9. The Balaban J connectivity index is 1.42. The van der Waals surface area contributed by atoms with Gasteiger partial charge in [0.15, 0.2) is 0 Å². The maximum Gasteiger partial charge on any atom is 0.407 e. The van der Waals surface area contributed by atoms with Gasteiger partial charge in [0.1, 0.15) is 12.6 Å². The molecular weight excluding hydrogens is 436 g/mol. The number of carbonyl (C=O) groups is 3. The smallest absolute Gasteiger partial charge is 0.407 e. The van der Waals surface area contributed by atoms with Crippen LogP contribution < -0.4 is 10.6 Å². The molecule has 8 heteroatoms. The highest BCUT2D eigenvalue weighted by Crippen LogP contribution is 2.44. The Morgan fingerprint density at radius 2 is 1.56 bits per heavy atom. The van der Waals surface area contributed by atoms with Crippen molar-refractivity contribution in [2.45, 2.75) is 56.0 Å². The summed E-state index contributed by atoms with van der Waals surface area (Å²) in [6.45, 7) is -0.175. The lowest BCUT2D eigenvalue weighted by molar-refractivity contribution is -0.140. The maximum absolute atomic E-state index is 12.9. The number of nitrogens with one attached hydrogen (secondary N) is 2. The molecule has 8 nitrogen and oxygen atoms in total. The highest BCUT2D eigenvalue weighted by Gasteiger charge is 2.36. The first-order valence-corrected chi connectivity index (χ1v) is 11.7. The third-order valence-electron chi connectivity index (χ3n) is 6.83. The fourth-order valence-electron chi connectivity index (χ4n) is 5.07. The number of rotatable bonds is 8. The van der Waals surface area contributed by atoms with E-state index >= 15 is 0 Å². The van der Waals surface area contributed by atoms with Crippen LogP contribution in [0.3, 0.4) is 0 Å². The molecule has 1 atom stereocenters. The second-order valence-electron chi connectivity index (χ2n) is 9.11. The number of fused-ring (bicyclic) bond motifs is 3. The Morgan fingerprint density at radius 3 is 2.12 bits per heavy atom. The van der Waals surface area contributed by atoms with Crippen molar-refractivity contribution in [1.82, 2.24) is 10.6 Å². The van der Waals surface area contributed by atoms with E-state index in [9.17, 15) is 24.6 Å². The van der Waals surface area contributed by atoms with E-state index in [0.717, 1.165) is 41.5 Å². The fraction of sp³-hybridized carbons (Fsp3) is 0.423. The molecule has 2 aliphatic carbocycles. The first-order chi connectivity index (χ1) is 16.4. The largest absolute Gasteiger partial charge is 0.481 e. The van der Waals surface area contributed by atoms with E-state index in [1.165, 1.54) is 0 Å². The molecule has 180 valence electrons. The lowest BCUT2D eigenvalue weighted by Crippen LogP contribution is -2.58. The van der Waals surface area contributed by atoms with E-state index in [-0.39, 0.29) is 19.1 Å². The Morgan fingerprint density at radius 1 is 0.971 bits per heavy atom. The third-order valence-corrected chi connectivity index (χ3v) is 6.83. The molecule has 0 radical (unpaired) electrons. The highest BCUT2D eigenvalue weighted by atomic mass is 16.5. The molecule has 2 aliphatic rings. The number of aliphatic hydroxyl groups excluding tert-OH is 1. The Labute approximate surface area is 198 Å². The molecule has 4 rings (SSSR count). The summed E-state index contributed by atoms with van der Waals surface area (Å²) in [7, 11) is 0. The van der Waals surface area contributed by atoms with Crippen LogP contribution in [0.1, 0.15) is 55.6 Å². The van der Waals surface area contributed by atoms with Crippen LogP contribution in [0.5, 0.6) is 0 Å². The van der Waals surface area contributed by atoms with E-state index in [4.69, 9.17) is 4.74 Å². The minimum atomic E-state index is -1.31. The van der Waals surface area contributed by atoms with E-state index in [0.29, 0.717) is 12.8 Å². The quantitative estimate of drug-likeness (QED) is 0.474. The van der Waals surface area contributed by atoms with Crippen molar-refractivity contribution >= 4 is 18.0 Å². The van der Waals surface area contributed by atoms with Gasteiger partial charge in [-0.05, 0) is 35.1 Å². The van der Waals surface area contributed by atoms with Crippen LogP contribution in [0.15, 0.2) is 48.5 Å². The van der Waals surface area contributed by atoms with Gasteiger partial charge in [-0.1, -0.05) is 67.8 Å². The zero-order chi connectivity index (χ0) is 24.1. The summed E-state index contributed by atoms with van der Waals surface area (Å²) in [6.07, 6.45) is 2.53. The van der Waals surface area contributed by atoms with Gasteiger partial charge in [0.2, 0.25) is 5.91 Å². The summed E-state index contributed by atoms with van der Waals surface area (Å²) in [5.41, 5.74) is 3.51. The van der Waals surface area contributed by atoms with Gasteiger partial charge in [-0.15, -0.1) is 0 Å². The first-order valence-electron chi connectivity index (χ1n) is 11.7. The molecule has 34 heavy (non-hydrogen) atoms. The molecule has 1 unspecified atom stereocenters. The number of amides is 2. The molecule has 0 aliphatic heterocycles. The average molecular weight is 467 g/mol. The van der Waals surface area contributed by atoms with Gasteiger partial charge in [-0.3, -0.25) is 9.59 Å². The topological polar surface area (TPSA) is 125 Å². The van der Waals surface area contributed by atoms with Gasteiger partial charge in [0.05, 0.1) is 18.6 Å². The Kier molecular flexibility index (Phi) is 7.17. The van der Waals surface area contributed by atoms with Crippen molar-refractivity contribution in [3.63, 3.8) is 0 Å². The molecule has 2 aromatic rings. The number of aliphatic hydroxyl groups is 1. The van der Waals surface area contributed by atoms with Crippen LogP contribution in [-0.2, 0) is 14.3 Å². The Hall–Kier alpha value is -3.39. The van der Waals surface area contributed by atoms with Crippen molar-refractivity contribution in [3.8, 4) is 11.1 Å². The predicted molar refractivity (Wildman–Crippen MR) is 125 cm³/mol. The van der Waals surface area contributed by atoms with E-state index in [1.807, 2.05) is 48.5 Å². The summed E-state index contributed by atoms with van der Waals surface area (Å²) in [6, 6.07) is 14.6. The molecule has 0 saturated heterocycles. The molecule has 0 aromatic heterocycles. The van der Waals surface area contributed by atoms with Gasteiger partial charge in [-0.2, -0.15) is 0 Å². The predicted octanol–water partition coefficient (Wildman–Crippen LogP) is 3.18. The number of hydrogen-bond donors (Lipinski definition) is 4. The van der Waals surface area contributed by atoms with Crippen LogP contribution >= 0.6 is 0 Å². The number of hydrogen-bond acceptors (Lipinski definition) is 5. The zero-order valence-corrected chi connectivity index (χ0v) is 19.0.